The minimum atomic E-state index is -3.44. The summed E-state index contributed by atoms with van der Waals surface area (Å²) in [6.45, 7) is 7.78. The van der Waals surface area contributed by atoms with Crippen molar-refractivity contribution in [2.75, 3.05) is 19.8 Å². The Morgan fingerprint density at radius 1 is 1.25 bits per heavy atom. The quantitative estimate of drug-likeness (QED) is 0.928. The zero-order valence-corrected chi connectivity index (χ0v) is 13.2. The van der Waals surface area contributed by atoms with E-state index >= 15 is 0 Å². The normalized spacial score (nSPS) is 18.9. The van der Waals surface area contributed by atoms with Crippen molar-refractivity contribution < 1.29 is 13.2 Å². The Balaban J connectivity index is 2.11. The molecule has 2 rings (SSSR count). The molecule has 0 radical (unpaired) electrons. The minimum Gasteiger partial charge on any atom is -0.381 e. The van der Waals surface area contributed by atoms with Crippen molar-refractivity contribution in [1.82, 2.24) is 4.72 Å². The van der Waals surface area contributed by atoms with Crippen LogP contribution in [0.3, 0.4) is 0 Å². The van der Waals surface area contributed by atoms with Crippen molar-refractivity contribution in [3.8, 4) is 0 Å². The van der Waals surface area contributed by atoms with Gasteiger partial charge in [0.2, 0.25) is 10.0 Å². The van der Waals surface area contributed by atoms with E-state index in [1.54, 1.807) is 6.07 Å². The van der Waals surface area contributed by atoms with Crippen molar-refractivity contribution in [2.24, 2.45) is 5.41 Å². The molecule has 1 N–H and O–H groups in total. The lowest BCUT2D eigenvalue weighted by molar-refractivity contribution is 0.0264. The van der Waals surface area contributed by atoms with Crippen LogP contribution >= 0.6 is 0 Å². The van der Waals surface area contributed by atoms with Crippen molar-refractivity contribution in [3.05, 3.63) is 29.3 Å². The molecule has 1 aromatic rings. The molecule has 112 valence electrons. The summed E-state index contributed by atoms with van der Waals surface area (Å²) >= 11 is 0. The van der Waals surface area contributed by atoms with E-state index in [2.05, 4.69) is 11.6 Å². The zero-order chi connectivity index (χ0) is 14.8. The molecule has 0 spiro atoms. The summed E-state index contributed by atoms with van der Waals surface area (Å²) in [5, 5.41) is 0. The molecule has 4 nitrogen and oxygen atoms in total. The third-order valence-corrected chi connectivity index (χ3v) is 5.57. The zero-order valence-electron chi connectivity index (χ0n) is 12.4. The fraction of sp³-hybridized carbons (Fsp3) is 0.600. The van der Waals surface area contributed by atoms with Crippen LogP contribution in [0.25, 0.3) is 0 Å². The maximum atomic E-state index is 12.4. The van der Waals surface area contributed by atoms with Gasteiger partial charge in [-0.15, -0.1) is 0 Å². The van der Waals surface area contributed by atoms with E-state index in [1.807, 2.05) is 26.0 Å². The third-order valence-electron chi connectivity index (χ3n) is 4.01. The van der Waals surface area contributed by atoms with Gasteiger partial charge in [-0.25, -0.2) is 13.1 Å². The highest BCUT2D eigenvalue weighted by Gasteiger charge is 2.29. The van der Waals surface area contributed by atoms with Gasteiger partial charge in [0.15, 0.2) is 0 Å². The fourth-order valence-corrected chi connectivity index (χ4v) is 3.91. The molecule has 1 aliphatic heterocycles. The molecule has 0 unspecified atom stereocenters. The molecule has 1 aliphatic rings. The van der Waals surface area contributed by atoms with Gasteiger partial charge in [0.1, 0.15) is 0 Å². The molecular weight excluding hydrogens is 274 g/mol. The maximum absolute atomic E-state index is 12.4. The van der Waals surface area contributed by atoms with Crippen LogP contribution in [0.2, 0.25) is 0 Å². The molecule has 0 aromatic heterocycles. The topological polar surface area (TPSA) is 55.4 Å². The van der Waals surface area contributed by atoms with Crippen LogP contribution in [0, 0.1) is 19.3 Å². The number of ether oxygens (including phenoxy) is 1. The van der Waals surface area contributed by atoms with Crippen LogP contribution in [-0.2, 0) is 14.8 Å². The first-order chi connectivity index (χ1) is 9.32. The van der Waals surface area contributed by atoms with E-state index in [-0.39, 0.29) is 5.41 Å². The SMILES string of the molecule is Cc1ccc(S(=O)(=O)NCC2(C)CCOCC2)c(C)c1. The molecule has 20 heavy (non-hydrogen) atoms. The lowest BCUT2D eigenvalue weighted by atomic mass is 9.83. The molecule has 1 fully saturated rings. The summed E-state index contributed by atoms with van der Waals surface area (Å²) in [7, 11) is -3.44. The van der Waals surface area contributed by atoms with Crippen LogP contribution in [0.5, 0.6) is 0 Å². The Kier molecular flexibility index (Phi) is 4.52. The third kappa shape index (κ3) is 3.59. The van der Waals surface area contributed by atoms with Gasteiger partial charge in [-0.2, -0.15) is 0 Å². The predicted octanol–water partition coefficient (Wildman–Crippen LogP) is 2.40. The smallest absolute Gasteiger partial charge is 0.240 e. The average molecular weight is 297 g/mol. The molecular formula is C15H23NO3S. The number of hydrogen-bond donors (Lipinski definition) is 1. The molecule has 0 bridgehead atoms. The number of aryl methyl sites for hydroxylation is 2. The molecule has 1 saturated heterocycles. The standard InChI is InChI=1S/C15H23NO3S/c1-12-4-5-14(13(2)10-12)20(17,18)16-11-15(3)6-8-19-9-7-15/h4-5,10,16H,6-9,11H2,1-3H3. The van der Waals surface area contributed by atoms with E-state index < -0.39 is 10.0 Å². The van der Waals surface area contributed by atoms with Gasteiger partial charge < -0.3 is 4.74 Å². The lowest BCUT2D eigenvalue weighted by Crippen LogP contribution is -2.39. The summed E-state index contributed by atoms with van der Waals surface area (Å²) in [6, 6.07) is 5.40. The highest BCUT2D eigenvalue weighted by atomic mass is 32.2. The van der Waals surface area contributed by atoms with Crippen LogP contribution in [0.4, 0.5) is 0 Å². The molecule has 1 heterocycles. The number of sulfonamides is 1. The highest BCUT2D eigenvalue weighted by Crippen LogP contribution is 2.29. The highest BCUT2D eigenvalue weighted by molar-refractivity contribution is 7.89. The summed E-state index contributed by atoms with van der Waals surface area (Å²) < 4.78 is 32.9. The van der Waals surface area contributed by atoms with E-state index in [1.165, 1.54) is 0 Å². The predicted molar refractivity (Wildman–Crippen MR) is 79.3 cm³/mol. The lowest BCUT2D eigenvalue weighted by Gasteiger charge is -2.33. The summed E-state index contributed by atoms with van der Waals surface area (Å²) in [4.78, 5) is 0.374. The average Bonchev–Trinajstić information content (AvgIpc) is 2.37. The van der Waals surface area contributed by atoms with E-state index in [0.717, 1.165) is 24.0 Å². The first kappa shape index (κ1) is 15.5. The second-order valence-electron chi connectivity index (χ2n) is 6.02. The van der Waals surface area contributed by atoms with Gasteiger partial charge in [-0.1, -0.05) is 24.6 Å². The largest absolute Gasteiger partial charge is 0.381 e. The Morgan fingerprint density at radius 3 is 2.50 bits per heavy atom. The summed E-state index contributed by atoms with van der Waals surface area (Å²) in [5.74, 6) is 0. The second kappa shape index (κ2) is 5.84. The van der Waals surface area contributed by atoms with Crippen LogP contribution in [0.15, 0.2) is 23.1 Å². The fourth-order valence-electron chi connectivity index (χ4n) is 2.49. The van der Waals surface area contributed by atoms with Gasteiger partial charge >= 0.3 is 0 Å². The summed E-state index contributed by atoms with van der Waals surface area (Å²) in [5.41, 5.74) is 1.84. The van der Waals surface area contributed by atoms with Crippen molar-refractivity contribution in [3.63, 3.8) is 0 Å². The van der Waals surface area contributed by atoms with Gasteiger partial charge in [-0.3, -0.25) is 0 Å². The second-order valence-corrected chi connectivity index (χ2v) is 7.75. The van der Waals surface area contributed by atoms with Gasteiger partial charge in [-0.05, 0) is 43.7 Å². The Hall–Kier alpha value is -0.910. The first-order valence-electron chi connectivity index (χ1n) is 6.97. The van der Waals surface area contributed by atoms with Crippen molar-refractivity contribution in [1.29, 1.82) is 0 Å². The molecule has 0 aliphatic carbocycles. The Labute approximate surface area is 121 Å². The number of nitrogens with one attached hydrogen (secondary N) is 1. The van der Waals surface area contributed by atoms with Crippen molar-refractivity contribution in [2.45, 2.75) is 38.5 Å². The van der Waals surface area contributed by atoms with Gasteiger partial charge in [0.05, 0.1) is 4.90 Å². The summed E-state index contributed by atoms with van der Waals surface area (Å²) in [6.07, 6.45) is 1.78. The van der Waals surface area contributed by atoms with E-state index in [9.17, 15) is 8.42 Å². The van der Waals surface area contributed by atoms with E-state index in [0.29, 0.717) is 24.7 Å². The van der Waals surface area contributed by atoms with Crippen LogP contribution in [-0.4, -0.2) is 28.2 Å². The number of rotatable bonds is 4. The van der Waals surface area contributed by atoms with Crippen LogP contribution < -0.4 is 4.72 Å². The maximum Gasteiger partial charge on any atom is 0.240 e. The molecule has 5 heteroatoms. The number of benzene rings is 1. The molecule has 0 saturated carbocycles. The molecule has 1 aromatic carbocycles. The van der Waals surface area contributed by atoms with Gasteiger partial charge in [0, 0.05) is 19.8 Å². The van der Waals surface area contributed by atoms with Crippen molar-refractivity contribution >= 4 is 10.0 Å². The Bertz CT molecular complexity index is 575. The molecule has 0 atom stereocenters. The molecule has 0 amide bonds. The van der Waals surface area contributed by atoms with E-state index in [4.69, 9.17) is 4.74 Å². The number of hydrogen-bond acceptors (Lipinski definition) is 3. The van der Waals surface area contributed by atoms with Gasteiger partial charge in [0.25, 0.3) is 0 Å². The Morgan fingerprint density at radius 2 is 1.90 bits per heavy atom. The first-order valence-corrected chi connectivity index (χ1v) is 8.45. The minimum absolute atomic E-state index is 0.01000. The monoisotopic (exact) mass is 297 g/mol. The van der Waals surface area contributed by atoms with Crippen LogP contribution in [0.1, 0.15) is 30.9 Å².